The number of aryl methyl sites for hydroxylation is 1. The normalized spacial score (nSPS) is 15.6. The third-order valence-electron chi connectivity index (χ3n) is 5.33. The lowest BCUT2D eigenvalue weighted by Gasteiger charge is -2.30. The van der Waals surface area contributed by atoms with E-state index in [1.807, 2.05) is 46.7 Å². The Labute approximate surface area is 166 Å². The number of piperidine rings is 1. The van der Waals surface area contributed by atoms with Gasteiger partial charge in [-0.3, -0.25) is 4.79 Å². The largest absolute Gasteiger partial charge is 0.440 e. The lowest BCUT2D eigenvalue weighted by Crippen LogP contribution is -2.38. The number of fused-ring (bicyclic) bond motifs is 2. The molecular formula is C21H19ClN4O2. The number of hydrogen-bond acceptors (Lipinski definition) is 4. The fourth-order valence-corrected chi connectivity index (χ4v) is 3.94. The highest BCUT2D eigenvalue weighted by Crippen LogP contribution is 2.31. The molecule has 6 nitrogen and oxygen atoms in total. The number of aromatic nitrogens is 3. The summed E-state index contributed by atoms with van der Waals surface area (Å²) in [6.45, 7) is 3.34. The summed E-state index contributed by atoms with van der Waals surface area (Å²) in [4.78, 5) is 23.8. The van der Waals surface area contributed by atoms with E-state index in [4.69, 9.17) is 16.0 Å². The van der Waals surface area contributed by atoms with Gasteiger partial charge in [-0.15, -0.1) is 0 Å². The number of amides is 1. The summed E-state index contributed by atoms with van der Waals surface area (Å²) in [7, 11) is 0. The van der Waals surface area contributed by atoms with Gasteiger partial charge in [0.1, 0.15) is 16.9 Å². The van der Waals surface area contributed by atoms with E-state index in [0.717, 1.165) is 41.0 Å². The van der Waals surface area contributed by atoms with Gasteiger partial charge >= 0.3 is 0 Å². The van der Waals surface area contributed by atoms with Crippen molar-refractivity contribution in [3.8, 4) is 0 Å². The first-order valence-corrected chi connectivity index (χ1v) is 9.75. The molecule has 1 aliphatic heterocycles. The van der Waals surface area contributed by atoms with E-state index in [0.29, 0.717) is 23.8 Å². The summed E-state index contributed by atoms with van der Waals surface area (Å²) in [5.74, 6) is 0.913. The van der Waals surface area contributed by atoms with Crippen molar-refractivity contribution in [2.24, 2.45) is 0 Å². The maximum atomic E-state index is 12.9. The maximum absolute atomic E-state index is 12.9. The van der Waals surface area contributed by atoms with Gasteiger partial charge in [-0.25, -0.2) is 9.97 Å². The van der Waals surface area contributed by atoms with Crippen molar-refractivity contribution in [1.29, 1.82) is 0 Å². The average Bonchev–Trinajstić information content (AvgIpc) is 3.30. The predicted molar refractivity (Wildman–Crippen MR) is 107 cm³/mol. The maximum Gasteiger partial charge on any atom is 0.274 e. The van der Waals surface area contributed by atoms with Gasteiger partial charge in [0.05, 0.1) is 0 Å². The molecule has 7 heteroatoms. The van der Waals surface area contributed by atoms with Gasteiger partial charge in [-0.05, 0) is 55.7 Å². The second-order valence-corrected chi connectivity index (χ2v) is 7.76. The average molecular weight is 395 g/mol. The molecule has 4 aromatic rings. The van der Waals surface area contributed by atoms with E-state index in [9.17, 15) is 4.79 Å². The monoisotopic (exact) mass is 394 g/mol. The Morgan fingerprint density at radius 3 is 2.82 bits per heavy atom. The SMILES string of the molecule is Cc1ccn2cc(C(=O)N3CCC(c4nc5cc(Cl)ccc5o4)CC3)nc2c1. The summed E-state index contributed by atoms with van der Waals surface area (Å²) in [6.07, 6.45) is 5.37. The highest BCUT2D eigenvalue weighted by atomic mass is 35.5. The van der Waals surface area contributed by atoms with Crippen LogP contribution < -0.4 is 0 Å². The van der Waals surface area contributed by atoms with E-state index >= 15 is 0 Å². The van der Waals surface area contributed by atoms with Crippen molar-refractivity contribution in [3.63, 3.8) is 0 Å². The van der Waals surface area contributed by atoms with E-state index in [-0.39, 0.29) is 11.8 Å². The number of nitrogens with zero attached hydrogens (tertiary/aromatic N) is 4. The Hall–Kier alpha value is -2.86. The minimum Gasteiger partial charge on any atom is -0.440 e. The summed E-state index contributed by atoms with van der Waals surface area (Å²) in [6, 6.07) is 9.44. The molecule has 0 aliphatic carbocycles. The van der Waals surface area contributed by atoms with Gasteiger partial charge < -0.3 is 13.7 Å². The van der Waals surface area contributed by atoms with Crippen molar-refractivity contribution in [1.82, 2.24) is 19.3 Å². The molecule has 0 atom stereocenters. The van der Waals surface area contributed by atoms with Crippen LogP contribution in [-0.4, -0.2) is 38.3 Å². The third-order valence-corrected chi connectivity index (χ3v) is 5.57. The van der Waals surface area contributed by atoms with Crippen LogP contribution in [0.4, 0.5) is 0 Å². The van der Waals surface area contributed by atoms with E-state index in [1.54, 1.807) is 12.3 Å². The lowest BCUT2D eigenvalue weighted by molar-refractivity contribution is 0.0701. The van der Waals surface area contributed by atoms with Gasteiger partial charge in [0, 0.05) is 36.4 Å². The molecule has 0 radical (unpaired) electrons. The molecule has 3 aromatic heterocycles. The zero-order valence-corrected chi connectivity index (χ0v) is 16.2. The molecular weight excluding hydrogens is 376 g/mol. The molecule has 1 fully saturated rings. The van der Waals surface area contributed by atoms with E-state index in [1.165, 1.54) is 0 Å². The molecule has 1 saturated heterocycles. The number of carbonyl (C=O) groups is 1. The zero-order chi connectivity index (χ0) is 19.3. The lowest BCUT2D eigenvalue weighted by atomic mass is 9.96. The molecule has 0 spiro atoms. The molecule has 142 valence electrons. The van der Waals surface area contributed by atoms with Crippen LogP contribution in [0.25, 0.3) is 16.7 Å². The standard InChI is InChI=1S/C21H19ClN4O2/c1-13-4-7-26-12-17(23-19(26)10-13)21(27)25-8-5-14(6-9-25)20-24-16-11-15(22)2-3-18(16)28-20/h2-4,7,10-12,14H,5-6,8-9H2,1H3. The number of rotatable bonds is 2. The second-order valence-electron chi connectivity index (χ2n) is 7.33. The molecule has 0 saturated carbocycles. The van der Waals surface area contributed by atoms with Gasteiger partial charge in [0.15, 0.2) is 11.5 Å². The first kappa shape index (κ1) is 17.3. The molecule has 0 N–H and O–H groups in total. The minimum absolute atomic E-state index is 0.0239. The van der Waals surface area contributed by atoms with E-state index < -0.39 is 0 Å². The Morgan fingerprint density at radius 1 is 1.18 bits per heavy atom. The Kier molecular flexibility index (Phi) is 4.09. The molecule has 0 unspecified atom stereocenters. The van der Waals surface area contributed by atoms with Crippen LogP contribution >= 0.6 is 11.6 Å². The van der Waals surface area contributed by atoms with Gasteiger partial charge in [-0.1, -0.05) is 11.6 Å². The van der Waals surface area contributed by atoms with E-state index in [2.05, 4.69) is 9.97 Å². The van der Waals surface area contributed by atoms with Crippen molar-refractivity contribution in [3.05, 3.63) is 64.9 Å². The third kappa shape index (κ3) is 3.03. The smallest absolute Gasteiger partial charge is 0.274 e. The summed E-state index contributed by atoms with van der Waals surface area (Å²) < 4.78 is 7.79. The van der Waals surface area contributed by atoms with Crippen LogP contribution in [0.1, 0.15) is 40.7 Å². The van der Waals surface area contributed by atoms with Crippen molar-refractivity contribution in [2.75, 3.05) is 13.1 Å². The number of likely N-dealkylation sites (tertiary alicyclic amines) is 1. The summed E-state index contributed by atoms with van der Waals surface area (Å²) in [5.41, 5.74) is 3.93. The van der Waals surface area contributed by atoms with Crippen LogP contribution in [0, 0.1) is 6.92 Å². The minimum atomic E-state index is -0.0239. The van der Waals surface area contributed by atoms with Crippen LogP contribution in [0.15, 0.2) is 47.1 Å². The van der Waals surface area contributed by atoms with Crippen molar-refractivity contribution >= 4 is 34.3 Å². The van der Waals surface area contributed by atoms with Crippen molar-refractivity contribution < 1.29 is 9.21 Å². The van der Waals surface area contributed by atoms with Crippen LogP contribution in [0.3, 0.4) is 0 Å². The number of oxazole rings is 1. The first-order chi connectivity index (χ1) is 13.6. The quantitative estimate of drug-likeness (QED) is 0.503. The Morgan fingerprint density at radius 2 is 2.00 bits per heavy atom. The molecule has 5 rings (SSSR count). The molecule has 1 aromatic carbocycles. The first-order valence-electron chi connectivity index (χ1n) is 9.37. The number of benzene rings is 1. The number of pyridine rings is 1. The highest BCUT2D eigenvalue weighted by molar-refractivity contribution is 6.31. The Bertz CT molecular complexity index is 1190. The fraction of sp³-hybridized carbons (Fsp3) is 0.286. The van der Waals surface area contributed by atoms with Gasteiger partial charge in [-0.2, -0.15) is 0 Å². The molecule has 1 aliphatic rings. The van der Waals surface area contributed by atoms with Gasteiger partial charge in [0.2, 0.25) is 0 Å². The number of carbonyl (C=O) groups excluding carboxylic acids is 1. The van der Waals surface area contributed by atoms with Crippen LogP contribution in [0.2, 0.25) is 5.02 Å². The molecule has 4 heterocycles. The van der Waals surface area contributed by atoms with Crippen LogP contribution in [0.5, 0.6) is 0 Å². The summed E-state index contributed by atoms with van der Waals surface area (Å²) in [5, 5.41) is 0.649. The second kappa shape index (κ2) is 6.63. The Balaban J connectivity index is 1.30. The fourth-order valence-electron chi connectivity index (χ4n) is 3.77. The number of hydrogen-bond donors (Lipinski definition) is 0. The summed E-state index contributed by atoms with van der Waals surface area (Å²) >= 11 is 6.03. The van der Waals surface area contributed by atoms with Crippen molar-refractivity contribution in [2.45, 2.75) is 25.7 Å². The molecule has 1 amide bonds. The van der Waals surface area contributed by atoms with Crippen LogP contribution in [-0.2, 0) is 0 Å². The predicted octanol–water partition coefficient (Wildman–Crippen LogP) is 4.46. The van der Waals surface area contributed by atoms with Gasteiger partial charge in [0.25, 0.3) is 5.91 Å². The number of imidazole rings is 1. The number of halogens is 1. The molecule has 0 bridgehead atoms. The topological polar surface area (TPSA) is 63.6 Å². The molecule has 28 heavy (non-hydrogen) atoms. The zero-order valence-electron chi connectivity index (χ0n) is 15.4. The highest BCUT2D eigenvalue weighted by Gasteiger charge is 2.28.